The van der Waals surface area contributed by atoms with Crippen LogP contribution in [-0.2, 0) is 6.54 Å². The Hall–Kier alpha value is -2.92. The predicted octanol–water partition coefficient (Wildman–Crippen LogP) is 4.30. The van der Waals surface area contributed by atoms with Gasteiger partial charge in [0.2, 0.25) is 0 Å². The first-order chi connectivity index (χ1) is 12.1. The summed E-state index contributed by atoms with van der Waals surface area (Å²) < 4.78 is 0. The topological polar surface area (TPSA) is 66.9 Å². The van der Waals surface area contributed by atoms with E-state index < -0.39 is 0 Å². The summed E-state index contributed by atoms with van der Waals surface area (Å²) in [7, 11) is 0. The molecule has 0 saturated heterocycles. The third-order valence-electron chi connectivity index (χ3n) is 3.65. The molecule has 1 aromatic heterocycles. The van der Waals surface area contributed by atoms with E-state index in [1.54, 1.807) is 30.3 Å². The third kappa shape index (κ3) is 4.55. The molecule has 2 N–H and O–H groups in total. The van der Waals surface area contributed by atoms with Crippen LogP contribution < -0.4 is 10.6 Å². The fourth-order valence-electron chi connectivity index (χ4n) is 2.29. The van der Waals surface area contributed by atoms with Crippen molar-refractivity contribution in [3.8, 4) is 0 Å². The summed E-state index contributed by atoms with van der Waals surface area (Å²) in [6.45, 7) is 2.52. The monoisotopic (exact) mass is 352 g/mol. The van der Waals surface area contributed by atoms with E-state index in [4.69, 9.17) is 11.6 Å². The summed E-state index contributed by atoms with van der Waals surface area (Å²) in [6, 6.07) is 18.6. The number of anilines is 2. The molecule has 0 bridgehead atoms. The zero-order valence-electron chi connectivity index (χ0n) is 13.7. The average Bonchev–Trinajstić information content (AvgIpc) is 2.63. The van der Waals surface area contributed by atoms with E-state index in [0.29, 0.717) is 23.1 Å². The van der Waals surface area contributed by atoms with Crippen LogP contribution in [0.2, 0.25) is 5.02 Å². The van der Waals surface area contributed by atoms with E-state index in [0.717, 1.165) is 11.1 Å². The Morgan fingerprint density at radius 3 is 2.52 bits per heavy atom. The molecule has 0 aliphatic carbocycles. The van der Waals surface area contributed by atoms with Crippen LogP contribution in [-0.4, -0.2) is 16.1 Å². The van der Waals surface area contributed by atoms with Crippen LogP contribution in [0.15, 0.2) is 60.7 Å². The molecular formula is C19H17ClN4O. The van der Waals surface area contributed by atoms with Crippen LogP contribution in [0, 0.1) is 6.92 Å². The van der Waals surface area contributed by atoms with E-state index in [-0.39, 0.29) is 11.6 Å². The highest BCUT2D eigenvalue weighted by molar-refractivity contribution is 6.30. The van der Waals surface area contributed by atoms with Crippen LogP contribution in [0.5, 0.6) is 0 Å². The molecule has 25 heavy (non-hydrogen) atoms. The van der Waals surface area contributed by atoms with Gasteiger partial charge in [-0.25, -0.2) is 0 Å². The molecule has 0 aliphatic rings. The van der Waals surface area contributed by atoms with Crippen molar-refractivity contribution in [1.29, 1.82) is 0 Å². The van der Waals surface area contributed by atoms with E-state index in [1.165, 1.54) is 0 Å². The van der Waals surface area contributed by atoms with Crippen molar-refractivity contribution in [3.05, 3.63) is 82.5 Å². The Morgan fingerprint density at radius 1 is 1.04 bits per heavy atom. The van der Waals surface area contributed by atoms with E-state index >= 15 is 0 Å². The number of hydrogen-bond acceptors (Lipinski definition) is 4. The van der Waals surface area contributed by atoms with Crippen molar-refractivity contribution in [2.75, 3.05) is 10.6 Å². The van der Waals surface area contributed by atoms with Crippen molar-refractivity contribution >= 4 is 29.0 Å². The van der Waals surface area contributed by atoms with Gasteiger partial charge in [0.1, 0.15) is 5.82 Å². The lowest BCUT2D eigenvalue weighted by atomic mass is 10.2. The van der Waals surface area contributed by atoms with Gasteiger partial charge in [-0.1, -0.05) is 41.9 Å². The summed E-state index contributed by atoms with van der Waals surface area (Å²) >= 11 is 5.92. The molecule has 0 spiro atoms. The van der Waals surface area contributed by atoms with Gasteiger partial charge in [0.05, 0.1) is 0 Å². The minimum Gasteiger partial charge on any atom is -0.365 e. The summed E-state index contributed by atoms with van der Waals surface area (Å²) in [5, 5.41) is 14.6. The maximum atomic E-state index is 12.3. The number of nitrogens with zero attached hydrogens (tertiary/aromatic N) is 2. The maximum absolute atomic E-state index is 12.3. The molecule has 0 saturated carbocycles. The molecule has 1 heterocycles. The second-order valence-corrected chi connectivity index (χ2v) is 5.99. The minimum absolute atomic E-state index is 0.250. The minimum atomic E-state index is -0.312. The Bertz CT molecular complexity index is 866. The SMILES string of the molecule is Cc1cc(Cl)ccc1NC(=O)c1ccc(NCc2ccccc2)nn1. The van der Waals surface area contributed by atoms with E-state index in [9.17, 15) is 4.79 Å². The molecule has 126 valence electrons. The number of amides is 1. The summed E-state index contributed by atoms with van der Waals surface area (Å²) in [4.78, 5) is 12.3. The lowest BCUT2D eigenvalue weighted by Crippen LogP contribution is -2.15. The van der Waals surface area contributed by atoms with Gasteiger partial charge in [0.15, 0.2) is 5.69 Å². The first-order valence-electron chi connectivity index (χ1n) is 7.81. The van der Waals surface area contributed by atoms with Gasteiger partial charge in [0, 0.05) is 17.3 Å². The molecule has 0 unspecified atom stereocenters. The van der Waals surface area contributed by atoms with Crippen molar-refractivity contribution in [2.45, 2.75) is 13.5 Å². The number of rotatable bonds is 5. The van der Waals surface area contributed by atoms with Gasteiger partial charge in [-0.2, -0.15) is 0 Å². The maximum Gasteiger partial charge on any atom is 0.276 e. The van der Waals surface area contributed by atoms with Gasteiger partial charge in [-0.15, -0.1) is 10.2 Å². The largest absolute Gasteiger partial charge is 0.365 e. The first kappa shape index (κ1) is 16.9. The highest BCUT2D eigenvalue weighted by Gasteiger charge is 2.10. The highest BCUT2D eigenvalue weighted by atomic mass is 35.5. The normalized spacial score (nSPS) is 10.3. The van der Waals surface area contributed by atoms with Crippen molar-refractivity contribution < 1.29 is 4.79 Å². The fourth-order valence-corrected chi connectivity index (χ4v) is 2.52. The number of nitrogens with one attached hydrogen (secondary N) is 2. The molecule has 6 heteroatoms. The Kier molecular flexibility index (Phi) is 5.26. The van der Waals surface area contributed by atoms with E-state index in [2.05, 4.69) is 20.8 Å². The molecule has 5 nitrogen and oxygen atoms in total. The standard InChI is InChI=1S/C19H17ClN4O/c1-13-11-15(20)7-8-16(13)22-19(25)17-9-10-18(24-23-17)21-12-14-5-3-2-4-6-14/h2-11H,12H2,1H3,(H,21,24)(H,22,25). The molecule has 0 radical (unpaired) electrons. The second-order valence-electron chi connectivity index (χ2n) is 5.56. The predicted molar refractivity (Wildman–Crippen MR) is 99.9 cm³/mol. The van der Waals surface area contributed by atoms with Crippen molar-refractivity contribution in [2.24, 2.45) is 0 Å². The molecule has 0 fully saturated rings. The average molecular weight is 353 g/mol. The molecule has 3 aromatic rings. The lowest BCUT2D eigenvalue weighted by molar-refractivity contribution is 0.102. The van der Waals surface area contributed by atoms with Crippen LogP contribution in [0.1, 0.15) is 21.6 Å². The van der Waals surface area contributed by atoms with Crippen LogP contribution in [0.3, 0.4) is 0 Å². The number of hydrogen-bond donors (Lipinski definition) is 2. The fraction of sp³-hybridized carbons (Fsp3) is 0.105. The number of carbonyl (C=O) groups excluding carboxylic acids is 1. The van der Waals surface area contributed by atoms with E-state index in [1.807, 2.05) is 37.3 Å². The van der Waals surface area contributed by atoms with Gasteiger partial charge in [-0.05, 0) is 48.4 Å². The van der Waals surface area contributed by atoms with Crippen molar-refractivity contribution in [1.82, 2.24) is 10.2 Å². The Balaban J connectivity index is 1.62. The lowest BCUT2D eigenvalue weighted by Gasteiger charge is -2.09. The van der Waals surface area contributed by atoms with Crippen LogP contribution in [0.4, 0.5) is 11.5 Å². The number of carbonyl (C=O) groups is 1. The van der Waals surface area contributed by atoms with Crippen LogP contribution in [0.25, 0.3) is 0 Å². The molecule has 0 atom stereocenters. The molecule has 0 aliphatic heterocycles. The van der Waals surface area contributed by atoms with Gasteiger partial charge < -0.3 is 10.6 Å². The zero-order valence-corrected chi connectivity index (χ0v) is 14.4. The molecular weight excluding hydrogens is 336 g/mol. The van der Waals surface area contributed by atoms with Crippen molar-refractivity contribution in [3.63, 3.8) is 0 Å². The smallest absolute Gasteiger partial charge is 0.276 e. The second kappa shape index (κ2) is 7.77. The summed E-state index contributed by atoms with van der Waals surface area (Å²) in [6.07, 6.45) is 0. The molecule has 2 aromatic carbocycles. The summed E-state index contributed by atoms with van der Waals surface area (Å²) in [5.74, 6) is 0.301. The first-order valence-corrected chi connectivity index (χ1v) is 8.18. The number of benzene rings is 2. The zero-order chi connectivity index (χ0) is 17.6. The quantitative estimate of drug-likeness (QED) is 0.718. The number of halogens is 1. The Morgan fingerprint density at radius 2 is 1.84 bits per heavy atom. The summed E-state index contributed by atoms with van der Waals surface area (Å²) in [5.41, 5.74) is 2.97. The Labute approximate surface area is 151 Å². The number of aromatic nitrogens is 2. The van der Waals surface area contributed by atoms with Gasteiger partial charge in [0.25, 0.3) is 5.91 Å². The van der Waals surface area contributed by atoms with Gasteiger partial charge >= 0.3 is 0 Å². The molecule has 1 amide bonds. The molecule has 3 rings (SSSR count). The third-order valence-corrected chi connectivity index (χ3v) is 3.89. The number of aryl methyl sites for hydroxylation is 1. The van der Waals surface area contributed by atoms with Crippen LogP contribution >= 0.6 is 11.6 Å². The highest BCUT2D eigenvalue weighted by Crippen LogP contribution is 2.20. The van der Waals surface area contributed by atoms with Gasteiger partial charge in [-0.3, -0.25) is 4.79 Å².